The van der Waals surface area contributed by atoms with E-state index >= 15 is 0 Å². The smallest absolute Gasteiger partial charge is 0.251 e. The zero-order chi connectivity index (χ0) is 55.6. The van der Waals surface area contributed by atoms with Crippen molar-refractivity contribution in [2.45, 2.75) is 149 Å². The van der Waals surface area contributed by atoms with Crippen LogP contribution in [0.25, 0.3) is 10.4 Å². The van der Waals surface area contributed by atoms with Gasteiger partial charge in [-0.25, -0.2) is 4.98 Å². The summed E-state index contributed by atoms with van der Waals surface area (Å²) in [6.45, 7) is 16.7. The summed E-state index contributed by atoms with van der Waals surface area (Å²) in [5.41, 5.74) is 5.54. The molecule has 5 N–H and O–H groups in total. The number of aromatic nitrogens is 2. The SMILES string of the molecule is Cc1cc([C@H](C(=O)N2C[C@H](O)C[C@H]2C(=O)N[C@@H](CC(=O)NCCCCCCCCCNC(=O)c2ccc(C(=O)N[C@H]3C(C)(C)[C@H](Oc4ccc(C#N)c(Cl)c4)C3(C)C)cc2)c2ccc(-c3scnc3C)cc2)C(C)C)on1. The molecule has 5 amide bonds. The number of nitriles is 1. The molecule has 2 fully saturated rings. The van der Waals surface area contributed by atoms with Crippen molar-refractivity contribution in [2.75, 3.05) is 19.6 Å². The summed E-state index contributed by atoms with van der Waals surface area (Å²) >= 11 is 7.78. The zero-order valence-electron chi connectivity index (χ0n) is 45.4. The lowest BCUT2D eigenvalue weighted by Crippen LogP contribution is -2.74. The first-order valence-electron chi connectivity index (χ1n) is 26.7. The Morgan fingerprint density at radius 2 is 1.49 bits per heavy atom. The molecule has 3 heterocycles. The number of likely N-dealkylation sites (tertiary alicyclic amines) is 1. The van der Waals surface area contributed by atoms with Gasteiger partial charge in [-0.3, -0.25) is 24.0 Å². The van der Waals surface area contributed by atoms with Crippen molar-refractivity contribution in [3.8, 4) is 22.3 Å². The minimum atomic E-state index is -0.945. The van der Waals surface area contributed by atoms with Crippen LogP contribution in [0.5, 0.6) is 5.75 Å². The number of thiazole rings is 1. The molecule has 0 bridgehead atoms. The molecule has 0 radical (unpaired) electrons. The Bertz CT molecular complexity index is 2900. The molecule has 1 aliphatic heterocycles. The normalized spacial score (nSPS) is 19.1. The molecule has 3 aromatic carbocycles. The van der Waals surface area contributed by atoms with Gasteiger partial charge in [0.25, 0.3) is 11.8 Å². The number of nitrogens with zero attached hydrogens (tertiary/aromatic N) is 4. The minimum Gasteiger partial charge on any atom is -0.489 e. The van der Waals surface area contributed by atoms with Gasteiger partial charge in [-0.2, -0.15) is 5.26 Å². The van der Waals surface area contributed by atoms with Gasteiger partial charge < -0.3 is 40.5 Å². The lowest BCUT2D eigenvalue weighted by molar-refractivity contribution is -0.164. The lowest BCUT2D eigenvalue weighted by atomic mass is 9.49. The van der Waals surface area contributed by atoms with Crippen LogP contribution in [0.4, 0.5) is 0 Å². The minimum absolute atomic E-state index is 0.000812. The van der Waals surface area contributed by atoms with Crippen LogP contribution in [0.1, 0.15) is 160 Å². The van der Waals surface area contributed by atoms with Crippen LogP contribution in [0.3, 0.4) is 0 Å². The number of rotatable bonds is 24. The highest BCUT2D eigenvalue weighted by atomic mass is 35.5. The standard InChI is InChI=1S/C59H73ClN8O8S/c1-35(2)50(48-28-36(3)67-76-48)55(74)68-33-43(69)29-47(68)54(73)65-46(38-16-18-39(19-17-38)51-37(4)64-34-77-51)31-49(70)62-26-14-12-10-9-11-13-15-27-63-52(71)40-20-22-41(23-21-40)53(72)66-56-58(5,6)57(59(56,7)8)75-44-25-24-42(32-61)45(60)30-44/h16-25,28,30,34-35,43,46-47,50,56-57,69H,9-15,26-27,29,31,33H2,1-8H3,(H,62,70)(H,63,71)(H,65,73)(H,66,72)/t43-,46+,47+,50-,56-,57-/m1/s1. The topological polar surface area (TPSA) is 229 Å². The van der Waals surface area contributed by atoms with Crippen molar-refractivity contribution in [1.29, 1.82) is 5.26 Å². The van der Waals surface area contributed by atoms with E-state index in [-0.39, 0.29) is 61.1 Å². The van der Waals surface area contributed by atoms with E-state index in [4.69, 9.17) is 20.9 Å². The molecule has 1 aliphatic carbocycles. The molecular weight excluding hydrogens is 1020 g/mol. The largest absolute Gasteiger partial charge is 0.489 e. The predicted molar refractivity (Wildman–Crippen MR) is 296 cm³/mol. The number of nitrogens with one attached hydrogen (secondary N) is 4. The van der Waals surface area contributed by atoms with Crippen LogP contribution in [-0.2, 0) is 14.4 Å². The Kier molecular flexibility index (Phi) is 19.4. The van der Waals surface area contributed by atoms with Gasteiger partial charge in [0, 0.05) is 66.2 Å². The van der Waals surface area contributed by atoms with Crippen LogP contribution < -0.4 is 26.0 Å². The number of carbonyl (C=O) groups excluding carboxylic acids is 5. The Labute approximate surface area is 461 Å². The van der Waals surface area contributed by atoms with Crippen molar-refractivity contribution >= 4 is 52.5 Å². The van der Waals surface area contributed by atoms with Crippen LogP contribution in [0, 0.1) is 41.9 Å². The summed E-state index contributed by atoms with van der Waals surface area (Å²) in [7, 11) is 0. The number of halogens is 1. The Morgan fingerprint density at radius 1 is 0.870 bits per heavy atom. The van der Waals surface area contributed by atoms with Crippen molar-refractivity contribution in [3.63, 3.8) is 0 Å². The maximum Gasteiger partial charge on any atom is 0.251 e. The van der Waals surface area contributed by atoms with E-state index in [1.807, 2.05) is 72.7 Å². The third-order valence-electron chi connectivity index (χ3n) is 15.1. The van der Waals surface area contributed by atoms with Crippen LogP contribution in [-0.4, -0.2) is 93.6 Å². The van der Waals surface area contributed by atoms with E-state index in [1.54, 1.807) is 61.0 Å². The maximum atomic E-state index is 14.2. The molecule has 77 heavy (non-hydrogen) atoms. The second-order valence-electron chi connectivity index (χ2n) is 22.1. The fraction of sp³-hybridized carbons (Fsp3) is 0.492. The Balaban J connectivity index is 0.808. The summed E-state index contributed by atoms with van der Waals surface area (Å²) in [5, 5.41) is 36.6. The quantitative estimate of drug-likeness (QED) is 0.0365. The van der Waals surface area contributed by atoms with E-state index in [0.29, 0.717) is 52.0 Å². The number of aryl methyl sites for hydroxylation is 2. The molecule has 2 aromatic heterocycles. The molecule has 1 saturated carbocycles. The molecular formula is C59H73ClN8O8S. The monoisotopic (exact) mass is 1090 g/mol. The molecule has 5 aromatic rings. The highest BCUT2D eigenvalue weighted by molar-refractivity contribution is 7.13. The van der Waals surface area contributed by atoms with Gasteiger partial charge in [0.15, 0.2) is 0 Å². The van der Waals surface area contributed by atoms with Crippen LogP contribution >= 0.6 is 22.9 Å². The third kappa shape index (κ3) is 14.1. The van der Waals surface area contributed by atoms with Gasteiger partial charge in [-0.1, -0.05) is 115 Å². The van der Waals surface area contributed by atoms with Crippen molar-refractivity contribution < 1.29 is 38.3 Å². The molecule has 4 atom stereocenters. The molecule has 0 unspecified atom stereocenters. The summed E-state index contributed by atoms with van der Waals surface area (Å²) in [6.07, 6.45) is 5.48. The molecule has 2 aliphatic rings. The second-order valence-corrected chi connectivity index (χ2v) is 23.4. The van der Waals surface area contributed by atoms with Crippen molar-refractivity contribution in [3.05, 3.63) is 123 Å². The fourth-order valence-corrected chi connectivity index (χ4v) is 12.2. The number of unbranched alkanes of at least 4 members (excludes halogenated alkanes) is 6. The number of aliphatic hydroxyl groups excluding tert-OH is 1. The number of benzene rings is 3. The summed E-state index contributed by atoms with van der Waals surface area (Å²) in [4.78, 5) is 74.9. The second kappa shape index (κ2) is 25.7. The van der Waals surface area contributed by atoms with Crippen molar-refractivity contribution in [2.24, 2.45) is 16.7 Å². The first-order chi connectivity index (χ1) is 36.7. The summed E-state index contributed by atoms with van der Waals surface area (Å²) in [6, 6.07) is 21.3. The van der Waals surface area contributed by atoms with Gasteiger partial charge >= 0.3 is 0 Å². The average Bonchev–Trinajstić information content (AvgIpc) is 4.23. The average molecular weight is 1090 g/mol. The van der Waals surface area contributed by atoms with E-state index in [0.717, 1.165) is 66.6 Å². The number of hydrogen-bond donors (Lipinski definition) is 5. The number of aliphatic hydroxyl groups is 1. The summed E-state index contributed by atoms with van der Waals surface area (Å²) < 4.78 is 11.8. The van der Waals surface area contributed by atoms with Gasteiger partial charge in [-0.05, 0) is 80.1 Å². The van der Waals surface area contributed by atoms with Crippen LogP contribution in [0.15, 0.2) is 82.8 Å². The van der Waals surface area contributed by atoms with Crippen molar-refractivity contribution in [1.82, 2.24) is 36.3 Å². The Morgan fingerprint density at radius 3 is 2.06 bits per heavy atom. The number of ether oxygens (including phenoxy) is 1. The number of carbonyl (C=O) groups is 5. The zero-order valence-corrected chi connectivity index (χ0v) is 47.0. The molecule has 0 spiro atoms. The highest BCUT2D eigenvalue weighted by Crippen LogP contribution is 2.55. The van der Waals surface area contributed by atoms with E-state index in [9.17, 15) is 34.3 Å². The van der Waals surface area contributed by atoms with Gasteiger partial charge in [0.2, 0.25) is 17.7 Å². The van der Waals surface area contributed by atoms with Crippen LogP contribution in [0.2, 0.25) is 5.02 Å². The summed E-state index contributed by atoms with van der Waals surface area (Å²) in [5.74, 6) is -1.29. The molecule has 18 heteroatoms. The number of hydrogen-bond acceptors (Lipinski definition) is 12. The van der Waals surface area contributed by atoms with E-state index in [1.165, 1.54) is 16.2 Å². The number of amides is 5. The van der Waals surface area contributed by atoms with Gasteiger partial charge in [-0.15, -0.1) is 11.3 Å². The molecule has 410 valence electrons. The van der Waals surface area contributed by atoms with Gasteiger partial charge in [0.05, 0.1) is 50.9 Å². The lowest BCUT2D eigenvalue weighted by Gasteiger charge is -2.63. The predicted octanol–water partition coefficient (Wildman–Crippen LogP) is 9.78. The van der Waals surface area contributed by atoms with Gasteiger partial charge in [0.1, 0.15) is 35.6 Å². The first kappa shape index (κ1) is 58.1. The first-order valence-corrected chi connectivity index (χ1v) is 28.0. The van der Waals surface area contributed by atoms with E-state index < -0.39 is 40.8 Å². The molecule has 16 nitrogen and oxygen atoms in total. The molecule has 7 rings (SSSR count). The number of β-amino-alcohol motifs (C(OH)–C–C–N with tert-alkyl or cyclic N) is 1. The molecule has 1 saturated heterocycles. The maximum absolute atomic E-state index is 14.2. The third-order valence-corrected chi connectivity index (χ3v) is 16.4. The fourth-order valence-electron chi connectivity index (χ4n) is 11.2. The highest BCUT2D eigenvalue weighted by Gasteiger charge is 2.64. The van der Waals surface area contributed by atoms with E-state index in [2.05, 4.69) is 37.5 Å². The Hall–Kier alpha value is -6.61.